The Balaban J connectivity index is 0.00000128. The maximum atomic E-state index is 6.19. The molecule has 0 heterocycles. The number of halogens is 2. The Morgan fingerprint density at radius 1 is 0.812 bits per heavy atom. The molecule has 0 aromatic heterocycles. The molecule has 1 nitrogen and oxygen atoms in total. The molecule has 84 valence electrons. The SMILES string of the molecule is C.Clc1ccccc1N(Cl)c1ccccc1. The van der Waals surface area contributed by atoms with Crippen LogP contribution in [0.25, 0.3) is 0 Å². The summed E-state index contributed by atoms with van der Waals surface area (Å²) in [6.07, 6.45) is 0. The monoisotopic (exact) mass is 253 g/mol. The zero-order valence-electron chi connectivity index (χ0n) is 7.90. The lowest BCUT2D eigenvalue weighted by molar-refractivity contribution is 1.42. The fourth-order valence-corrected chi connectivity index (χ4v) is 1.83. The third-order valence-corrected chi connectivity index (χ3v) is 2.74. The molecule has 0 N–H and O–H groups in total. The van der Waals surface area contributed by atoms with Crippen molar-refractivity contribution in [2.75, 3.05) is 4.42 Å². The number of hydrogen-bond acceptors (Lipinski definition) is 1. The Hall–Kier alpha value is -1.18. The third kappa shape index (κ3) is 2.69. The summed E-state index contributed by atoms with van der Waals surface area (Å²) in [5.41, 5.74) is 1.68. The van der Waals surface area contributed by atoms with Crippen LogP contribution in [-0.4, -0.2) is 0 Å². The molecular formula is C13H13Cl2N. The minimum absolute atomic E-state index is 0. The van der Waals surface area contributed by atoms with Crippen LogP contribution in [0.2, 0.25) is 5.02 Å². The van der Waals surface area contributed by atoms with E-state index in [9.17, 15) is 0 Å². The van der Waals surface area contributed by atoms with Gasteiger partial charge >= 0.3 is 0 Å². The van der Waals surface area contributed by atoms with Crippen molar-refractivity contribution in [1.29, 1.82) is 0 Å². The molecule has 3 heteroatoms. The summed E-state index contributed by atoms with van der Waals surface area (Å²) in [4.78, 5) is 0. The van der Waals surface area contributed by atoms with Crippen molar-refractivity contribution in [1.82, 2.24) is 0 Å². The second-order valence-corrected chi connectivity index (χ2v) is 3.81. The minimum atomic E-state index is 0. The molecule has 16 heavy (non-hydrogen) atoms. The Morgan fingerprint density at radius 2 is 1.38 bits per heavy atom. The van der Waals surface area contributed by atoms with E-state index in [1.54, 1.807) is 4.42 Å². The average molecular weight is 254 g/mol. The lowest BCUT2D eigenvalue weighted by atomic mass is 10.2. The molecule has 0 spiro atoms. The van der Waals surface area contributed by atoms with Gasteiger partial charge in [0.15, 0.2) is 0 Å². The molecule has 2 aromatic rings. The fraction of sp³-hybridized carbons (Fsp3) is 0.0769. The number of rotatable bonds is 2. The van der Waals surface area contributed by atoms with Gasteiger partial charge in [-0.3, -0.25) is 4.42 Å². The van der Waals surface area contributed by atoms with Crippen LogP contribution in [-0.2, 0) is 0 Å². The zero-order valence-corrected chi connectivity index (χ0v) is 9.41. The molecule has 0 aliphatic carbocycles. The van der Waals surface area contributed by atoms with E-state index in [1.165, 1.54) is 0 Å². The van der Waals surface area contributed by atoms with Crippen molar-refractivity contribution in [3.05, 3.63) is 59.6 Å². The summed E-state index contributed by atoms with van der Waals surface area (Å²) < 4.78 is 1.54. The smallest absolute Gasteiger partial charge is 0.0767 e. The number of hydrogen-bond donors (Lipinski definition) is 0. The number of nitrogens with zero attached hydrogens (tertiary/aromatic N) is 1. The zero-order chi connectivity index (χ0) is 10.7. The summed E-state index contributed by atoms with van der Waals surface area (Å²) >= 11 is 12.2. The van der Waals surface area contributed by atoms with E-state index in [0.29, 0.717) is 5.02 Å². The molecule has 0 aliphatic heterocycles. The maximum Gasteiger partial charge on any atom is 0.0767 e. The van der Waals surface area contributed by atoms with Gasteiger partial charge in [0.1, 0.15) is 0 Å². The molecule has 0 saturated heterocycles. The van der Waals surface area contributed by atoms with Crippen LogP contribution in [0.4, 0.5) is 11.4 Å². The predicted molar refractivity (Wildman–Crippen MR) is 72.6 cm³/mol. The van der Waals surface area contributed by atoms with Crippen LogP contribution >= 0.6 is 23.4 Å². The summed E-state index contributed by atoms with van der Waals surface area (Å²) in [7, 11) is 0. The lowest BCUT2D eigenvalue weighted by Gasteiger charge is -2.16. The van der Waals surface area contributed by atoms with E-state index in [4.69, 9.17) is 23.4 Å². The largest absolute Gasteiger partial charge is 0.252 e. The Labute approximate surface area is 106 Å². The first-order valence-electron chi connectivity index (χ1n) is 4.54. The van der Waals surface area contributed by atoms with Gasteiger partial charge < -0.3 is 0 Å². The van der Waals surface area contributed by atoms with Crippen molar-refractivity contribution >= 4 is 34.8 Å². The molecule has 2 aromatic carbocycles. The number of benzene rings is 2. The molecule has 0 amide bonds. The van der Waals surface area contributed by atoms with Gasteiger partial charge in [-0.15, -0.1) is 0 Å². The molecule has 0 unspecified atom stereocenters. The van der Waals surface area contributed by atoms with Gasteiger partial charge in [-0.25, -0.2) is 0 Å². The van der Waals surface area contributed by atoms with E-state index in [2.05, 4.69) is 0 Å². The number of anilines is 2. The molecule has 0 radical (unpaired) electrons. The third-order valence-electron chi connectivity index (χ3n) is 2.05. The predicted octanol–water partition coefficient (Wildman–Crippen LogP) is 5.27. The Morgan fingerprint density at radius 3 is 2.00 bits per heavy atom. The molecule has 0 fully saturated rings. The van der Waals surface area contributed by atoms with Crippen LogP contribution in [0.3, 0.4) is 0 Å². The van der Waals surface area contributed by atoms with Gasteiger partial charge in [0.05, 0.1) is 16.4 Å². The van der Waals surface area contributed by atoms with Crippen LogP contribution < -0.4 is 4.42 Å². The van der Waals surface area contributed by atoms with E-state index in [0.717, 1.165) is 11.4 Å². The average Bonchev–Trinajstić information content (AvgIpc) is 2.30. The first-order chi connectivity index (χ1) is 7.29. The van der Waals surface area contributed by atoms with Gasteiger partial charge in [-0.1, -0.05) is 49.4 Å². The quantitative estimate of drug-likeness (QED) is 0.660. The highest BCUT2D eigenvalue weighted by atomic mass is 35.5. The van der Waals surface area contributed by atoms with Crippen molar-refractivity contribution in [2.24, 2.45) is 0 Å². The molecule has 0 saturated carbocycles. The summed E-state index contributed by atoms with van der Waals surface area (Å²) in [6, 6.07) is 17.1. The maximum absolute atomic E-state index is 6.19. The second kappa shape index (κ2) is 5.78. The highest BCUT2D eigenvalue weighted by Gasteiger charge is 2.08. The highest BCUT2D eigenvalue weighted by Crippen LogP contribution is 2.32. The van der Waals surface area contributed by atoms with Crippen molar-refractivity contribution in [3.8, 4) is 0 Å². The fourth-order valence-electron chi connectivity index (χ4n) is 1.31. The summed E-state index contributed by atoms with van der Waals surface area (Å²) in [5, 5.41) is 0.636. The van der Waals surface area contributed by atoms with Crippen LogP contribution in [0.1, 0.15) is 7.43 Å². The van der Waals surface area contributed by atoms with Crippen LogP contribution in [0.15, 0.2) is 54.6 Å². The molecule has 2 rings (SSSR count). The molecule has 0 bridgehead atoms. The van der Waals surface area contributed by atoms with E-state index in [-0.39, 0.29) is 7.43 Å². The first kappa shape index (κ1) is 12.9. The first-order valence-corrected chi connectivity index (χ1v) is 5.26. The van der Waals surface area contributed by atoms with E-state index < -0.39 is 0 Å². The summed E-state index contributed by atoms with van der Waals surface area (Å²) in [6.45, 7) is 0. The van der Waals surface area contributed by atoms with Gasteiger partial charge in [-0.2, -0.15) is 0 Å². The van der Waals surface area contributed by atoms with Crippen molar-refractivity contribution in [3.63, 3.8) is 0 Å². The van der Waals surface area contributed by atoms with Crippen molar-refractivity contribution < 1.29 is 0 Å². The standard InChI is InChI=1S/C12H9Cl2N.CH4/c13-11-8-4-5-9-12(11)15(14)10-6-2-1-3-7-10;/h1-9H;1H4. The van der Waals surface area contributed by atoms with Gasteiger partial charge in [0.25, 0.3) is 0 Å². The molecular weight excluding hydrogens is 241 g/mol. The van der Waals surface area contributed by atoms with Gasteiger partial charge in [0.2, 0.25) is 0 Å². The van der Waals surface area contributed by atoms with Crippen LogP contribution in [0.5, 0.6) is 0 Å². The van der Waals surface area contributed by atoms with E-state index in [1.807, 2.05) is 54.6 Å². The topological polar surface area (TPSA) is 3.24 Å². The Kier molecular flexibility index (Phi) is 4.66. The van der Waals surface area contributed by atoms with Crippen molar-refractivity contribution in [2.45, 2.75) is 7.43 Å². The van der Waals surface area contributed by atoms with E-state index >= 15 is 0 Å². The lowest BCUT2D eigenvalue weighted by Crippen LogP contribution is -2.01. The summed E-state index contributed by atoms with van der Waals surface area (Å²) in [5.74, 6) is 0. The Bertz CT molecular complexity index is 443. The van der Waals surface area contributed by atoms with Gasteiger partial charge in [0, 0.05) is 11.8 Å². The number of para-hydroxylation sites is 2. The molecule has 0 aliphatic rings. The minimum Gasteiger partial charge on any atom is -0.252 e. The van der Waals surface area contributed by atoms with Crippen LogP contribution in [0, 0.1) is 0 Å². The normalized spacial score (nSPS) is 9.38. The molecule has 0 atom stereocenters. The second-order valence-electron chi connectivity index (χ2n) is 3.07. The van der Waals surface area contributed by atoms with Gasteiger partial charge in [-0.05, 0) is 24.3 Å². The highest BCUT2D eigenvalue weighted by molar-refractivity contribution is 6.37.